The third-order valence-electron chi connectivity index (χ3n) is 4.36. The maximum absolute atomic E-state index is 12.6. The third-order valence-corrected chi connectivity index (χ3v) is 7.09. The second kappa shape index (κ2) is 8.50. The molecule has 1 heterocycles. The standard InChI is InChI=1S/C19H25N3O3S2/c1-13(2)22-27(24,25)15-9-7-8-14(12-15)18(23)21-19-20-16-10-5-3-4-6-11-17(16)26-19/h7-9,12-13,22H,3-6,10-11H2,1-2H3,(H,20,21,23). The Morgan fingerprint density at radius 2 is 1.89 bits per heavy atom. The quantitative estimate of drug-likeness (QED) is 0.790. The van der Waals surface area contributed by atoms with Gasteiger partial charge in [0.15, 0.2) is 5.13 Å². The highest BCUT2D eigenvalue weighted by Crippen LogP contribution is 2.28. The van der Waals surface area contributed by atoms with Crippen molar-refractivity contribution in [1.29, 1.82) is 0 Å². The molecule has 0 atom stereocenters. The number of fused-ring (bicyclic) bond motifs is 1. The van der Waals surface area contributed by atoms with Crippen molar-refractivity contribution in [2.24, 2.45) is 0 Å². The van der Waals surface area contributed by atoms with Crippen molar-refractivity contribution in [3.63, 3.8) is 0 Å². The largest absolute Gasteiger partial charge is 0.298 e. The normalized spacial score (nSPS) is 15.1. The first-order valence-corrected chi connectivity index (χ1v) is 11.6. The lowest BCUT2D eigenvalue weighted by Crippen LogP contribution is -2.30. The number of hydrogen-bond acceptors (Lipinski definition) is 5. The lowest BCUT2D eigenvalue weighted by molar-refractivity contribution is 0.102. The van der Waals surface area contributed by atoms with Crippen molar-refractivity contribution in [2.45, 2.75) is 63.3 Å². The summed E-state index contributed by atoms with van der Waals surface area (Å²) in [4.78, 5) is 18.5. The van der Waals surface area contributed by atoms with Gasteiger partial charge >= 0.3 is 0 Å². The predicted octanol–water partition coefficient (Wildman–Crippen LogP) is 3.74. The molecule has 0 radical (unpaired) electrons. The van der Waals surface area contributed by atoms with E-state index in [1.54, 1.807) is 26.0 Å². The Hall–Kier alpha value is -1.77. The summed E-state index contributed by atoms with van der Waals surface area (Å²) in [6.07, 6.45) is 6.72. The number of nitrogens with zero attached hydrogens (tertiary/aromatic N) is 1. The second-order valence-corrected chi connectivity index (χ2v) is 9.86. The number of aromatic nitrogens is 1. The van der Waals surface area contributed by atoms with Crippen LogP contribution in [-0.2, 0) is 22.9 Å². The van der Waals surface area contributed by atoms with E-state index < -0.39 is 10.0 Å². The van der Waals surface area contributed by atoms with Crippen LogP contribution in [0.25, 0.3) is 0 Å². The van der Waals surface area contributed by atoms with Gasteiger partial charge in [-0.1, -0.05) is 18.9 Å². The molecule has 27 heavy (non-hydrogen) atoms. The lowest BCUT2D eigenvalue weighted by atomic mass is 10.0. The Kier molecular flexibility index (Phi) is 6.29. The first-order chi connectivity index (χ1) is 12.8. The highest BCUT2D eigenvalue weighted by atomic mass is 32.2. The average Bonchev–Trinajstić information content (AvgIpc) is 2.94. The molecule has 0 spiro atoms. The van der Waals surface area contributed by atoms with E-state index in [1.165, 1.54) is 41.2 Å². The molecule has 2 aromatic rings. The number of aryl methyl sites for hydroxylation is 2. The van der Waals surface area contributed by atoms with Crippen molar-refractivity contribution >= 4 is 32.4 Å². The molecular formula is C19H25N3O3S2. The number of hydrogen-bond donors (Lipinski definition) is 2. The summed E-state index contributed by atoms with van der Waals surface area (Å²) in [6.45, 7) is 3.51. The summed E-state index contributed by atoms with van der Waals surface area (Å²) in [5.41, 5.74) is 1.39. The Morgan fingerprint density at radius 3 is 2.63 bits per heavy atom. The van der Waals surface area contributed by atoms with Crippen molar-refractivity contribution in [3.8, 4) is 0 Å². The van der Waals surface area contributed by atoms with Crippen LogP contribution in [0.5, 0.6) is 0 Å². The second-order valence-electron chi connectivity index (χ2n) is 7.06. The maximum atomic E-state index is 12.6. The van der Waals surface area contributed by atoms with E-state index in [1.807, 2.05) is 0 Å². The first-order valence-electron chi connectivity index (χ1n) is 9.27. The number of nitrogens with one attached hydrogen (secondary N) is 2. The minimum atomic E-state index is -3.64. The zero-order valence-corrected chi connectivity index (χ0v) is 17.3. The highest BCUT2D eigenvalue weighted by molar-refractivity contribution is 7.89. The molecule has 3 rings (SSSR count). The van der Waals surface area contributed by atoms with Crippen LogP contribution in [0.2, 0.25) is 0 Å². The molecule has 146 valence electrons. The van der Waals surface area contributed by atoms with Crippen LogP contribution in [0.3, 0.4) is 0 Å². The smallest absolute Gasteiger partial charge is 0.257 e. The van der Waals surface area contributed by atoms with Gasteiger partial charge in [0.25, 0.3) is 5.91 Å². The summed E-state index contributed by atoms with van der Waals surface area (Å²) in [5, 5.41) is 3.41. The van der Waals surface area contributed by atoms with Crippen LogP contribution >= 0.6 is 11.3 Å². The zero-order valence-electron chi connectivity index (χ0n) is 15.6. The van der Waals surface area contributed by atoms with E-state index in [-0.39, 0.29) is 16.8 Å². The summed E-state index contributed by atoms with van der Waals surface area (Å²) in [6, 6.07) is 5.83. The van der Waals surface area contributed by atoms with Gasteiger partial charge in [0.05, 0.1) is 10.6 Å². The summed E-state index contributed by atoms with van der Waals surface area (Å²) in [5.74, 6) is -0.349. The third kappa shape index (κ3) is 5.15. The Balaban J connectivity index is 1.77. The molecule has 0 unspecified atom stereocenters. The molecule has 0 bridgehead atoms. The molecule has 1 aromatic carbocycles. The number of thiazole rings is 1. The number of carbonyl (C=O) groups excluding carboxylic acids is 1. The number of benzene rings is 1. The monoisotopic (exact) mass is 407 g/mol. The van der Waals surface area contributed by atoms with Gasteiger partial charge in [-0.15, -0.1) is 11.3 Å². The molecule has 0 aliphatic heterocycles. The molecule has 0 fully saturated rings. The van der Waals surface area contributed by atoms with Crippen LogP contribution in [0.4, 0.5) is 5.13 Å². The van der Waals surface area contributed by atoms with Crippen LogP contribution in [0.15, 0.2) is 29.2 Å². The van der Waals surface area contributed by atoms with Gasteiger partial charge in [-0.3, -0.25) is 10.1 Å². The summed E-state index contributed by atoms with van der Waals surface area (Å²) >= 11 is 1.53. The van der Waals surface area contributed by atoms with Crippen LogP contribution in [-0.4, -0.2) is 25.4 Å². The van der Waals surface area contributed by atoms with E-state index in [2.05, 4.69) is 15.0 Å². The minimum absolute atomic E-state index is 0.0789. The zero-order chi connectivity index (χ0) is 19.4. The van der Waals surface area contributed by atoms with Gasteiger partial charge in [0, 0.05) is 16.5 Å². The van der Waals surface area contributed by atoms with Crippen LogP contribution < -0.4 is 10.0 Å². The first kappa shape index (κ1) is 20.0. The van der Waals surface area contributed by atoms with Gasteiger partial charge in [0.2, 0.25) is 10.0 Å². The molecule has 1 aliphatic carbocycles. The van der Waals surface area contributed by atoms with Crippen molar-refractivity contribution in [3.05, 3.63) is 40.4 Å². The molecule has 6 nitrogen and oxygen atoms in total. The topological polar surface area (TPSA) is 88.2 Å². The fourth-order valence-electron chi connectivity index (χ4n) is 3.11. The summed E-state index contributed by atoms with van der Waals surface area (Å²) in [7, 11) is -3.64. The minimum Gasteiger partial charge on any atom is -0.298 e. The van der Waals surface area contributed by atoms with Crippen molar-refractivity contribution in [1.82, 2.24) is 9.71 Å². The SMILES string of the molecule is CC(C)NS(=O)(=O)c1cccc(C(=O)Nc2nc3c(s2)CCCCCC3)c1. The molecular weight excluding hydrogens is 382 g/mol. The van der Waals surface area contributed by atoms with Gasteiger partial charge in [-0.05, 0) is 57.7 Å². The van der Waals surface area contributed by atoms with Crippen molar-refractivity contribution < 1.29 is 13.2 Å². The van der Waals surface area contributed by atoms with E-state index in [0.29, 0.717) is 10.7 Å². The lowest BCUT2D eigenvalue weighted by Gasteiger charge is -2.10. The van der Waals surface area contributed by atoms with E-state index in [9.17, 15) is 13.2 Å². The molecule has 1 aromatic heterocycles. The summed E-state index contributed by atoms with van der Waals surface area (Å²) < 4.78 is 27.2. The maximum Gasteiger partial charge on any atom is 0.257 e. The molecule has 8 heteroatoms. The van der Waals surface area contributed by atoms with Gasteiger partial charge < -0.3 is 0 Å². The van der Waals surface area contributed by atoms with Crippen LogP contribution in [0, 0.1) is 0 Å². The highest BCUT2D eigenvalue weighted by Gasteiger charge is 2.19. The molecule has 1 aliphatic rings. The predicted molar refractivity (Wildman–Crippen MR) is 108 cm³/mol. The van der Waals surface area contributed by atoms with Crippen LogP contribution in [0.1, 0.15) is 60.5 Å². The molecule has 0 saturated carbocycles. The fourth-order valence-corrected chi connectivity index (χ4v) is 5.45. The van der Waals surface area contributed by atoms with Crippen molar-refractivity contribution in [2.75, 3.05) is 5.32 Å². The molecule has 0 saturated heterocycles. The average molecular weight is 408 g/mol. The Labute approximate surface area is 164 Å². The van der Waals surface area contributed by atoms with E-state index in [4.69, 9.17) is 0 Å². The Bertz CT molecular complexity index is 895. The number of carbonyl (C=O) groups is 1. The number of amides is 1. The van der Waals surface area contributed by atoms with Gasteiger partial charge in [0.1, 0.15) is 0 Å². The molecule has 1 amide bonds. The number of rotatable bonds is 5. The number of anilines is 1. The fraction of sp³-hybridized carbons (Fsp3) is 0.474. The van der Waals surface area contributed by atoms with Gasteiger partial charge in [-0.25, -0.2) is 18.1 Å². The Morgan fingerprint density at radius 1 is 1.15 bits per heavy atom. The number of sulfonamides is 1. The van der Waals surface area contributed by atoms with E-state index in [0.717, 1.165) is 31.4 Å². The van der Waals surface area contributed by atoms with Gasteiger partial charge in [-0.2, -0.15) is 0 Å². The van der Waals surface area contributed by atoms with E-state index >= 15 is 0 Å². The molecule has 2 N–H and O–H groups in total.